The van der Waals surface area contributed by atoms with Crippen molar-refractivity contribution in [2.24, 2.45) is 11.8 Å². The van der Waals surface area contributed by atoms with E-state index in [4.69, 9.17) is 9.84 Å². The third-order valence-corrected chi connectivity index (χ3v) is 5.08. The normalized spacial score (nSPS) is 14.4. The highest BCUT2D eigenvalue weighted by atomic mass is 16.6. The van der Waals surface area contributed by atoms with Crippen molar-refractivity contribution in [3.8, 4) is 0 Å². The molecule has 216 valence electrons. The van der Waals surface area contributed by atoms with Gasteiger partial charge in [0.25, 0.3) is 0 Å². The van der Waals surface area contributed by atoms with Gasteiger partial charge in [-0.15, -0.1) is 0 Å². The smallest absolute Gasteiger partial charge is 0.408 e. The van der Waals surface area contributed by atoms with Gasteiger partial charge in [0, 0.05) is 0 Å². The molecule has 5 amide bonds. The molecule has 0 fully saturated rings. The van der Waals surface area contributed by atoms with Crippen molar-refractivity contribution in [2.75, 3.05) is 6.54 Å². The van der Waals surface area contributed by atoms with Crippen LogP contribution in [0.3, 0.4) is 0 Å². The Balaban J connectivity index is 5.42. The lowest BCUT2D eigenvalue weighted by atomic mass is 9.99. The minimum Gasteiger partial charge on any atom is -0.480 e. The molecule has 0 aliphatic heterocycles. The standard InChI is InChI=1S/C25H43N5O8/c1-12(2)17(20(32)26-11-16(31)27-15(7)23(35)36)28-21(33)18(13(3)4)29-22(34)19(14(5)6)30-24(37)38-25(8,9)10/h12-13,15,17-19H,5,11H2,1-4,6-10H3,(H,26,32)(H,27,31)(H,28,33)(H,29,34)(H,30,37)(H,35,36)/t15-,17-,18-,19-/m0/s1. The molecule has 13 nitrogen and oxygen atoms in total. The van der Waals surface area contributed by atoms with Crippen molar-refractivity contribution >= 4 is 35.7 Å². The average molecular weight is 542 g/mol. The molecule has 0 bridgehead atoms. The van der Waals surface area contributed by atoms with Gasteiger partial charge in [-0.05, 0) is 52.0 Å². The largest absolute Gasteiger partial charge is 0.480 e. The molecule has 0 radical (unpaired) electrons. The predicted octanol–water partition coefficient (Wildman–Crippen LogP) is 0.443. The Hall–Kier alpha value is -3.64. The van der Waals surface area contributed by atoms with E-state index in [9.17, 15) is 28.8 Å². The molecule has 13 heteroatoms. The van der Waals surface area contributed by atoms with Gasteiger partial charge >= 0.3 is 12.1 Å². The van der Waals surface area contributed by atoms with Crippen molar-refractivity contribution in [3.63, 3.8) is 0 Å². The molecule has 0 saturated heterocycles. The number of ether oxygens (including phenoxy) is 1. The summed E-state index contributed by atoms with van der Waals surface area (Å²) in [5.41, 5.74) is -0.478. The van der Waals surface area contributed by atoms with E-state index in [-0.39, 0.29) is 5.92 Å². The van der Waals surface area contributed by atoms with Gasteiger partial charge in [-0.3, -0.25) is 24.0 Å². The first kappa shape index (κ1) is 34.4. The molecule has 6 N–H and O–H groups in total. The molecule has 0 unspecified atom stereocenters. The SMILES string of the molecule is C=C(C)[C@H](NC(=O)OC(C)(C)C)C(=O)N[C@H](C(=O)N[C@H](C(=O)NCC(=O)N[C@@H](C)C(=O)O)C(C)C)C(C)C. The van der Waals surface area contributed by atoms with Gasteiger partial charge in [0.2, 0.25) is 23.6 Å². The number of amides is 5. The second-order valence-electron chi connectivity index (χ2n) is 10.7. The molecule has 4 atom stereocenters. The number of alkyl carbamates (subject to hydrolysis) is 1. The lowest BCUT2D eigenvalue weighted by Gasteiger charge is -2.29. The number of carbonyl (C=O) groups excluding carboxylic acids is 5. The summed E-state index contributed by atoms with van der Waals surface area (Å²) in [6, 6.07) is -4.43. The van der Waals surface area contributed by atoms with E-state index in [0.29, 0.717) is 5.57 Å². The summed E-state index contributed by atoms with van der Waals surface area (Å²) < 4.78 is 5.19. The van der Waals surface area contributed by atoms with Crippen LogP contribution in [-0.4, -0.2) is 77.1 Å². The van der Waals surface area contributed by atoms with Crippen molar-refractivity contribution in [2.45, 2.75) is 92.1 Å². The zero-order valence-corrected chi connectivity index (χ0v) is 23.7. The van der Waals surface area contributed by atoms with Crippen LogP contribution in [0, 0.1) is 11.8 Å². The Bertz CT molecular complexity index is 910. The zero-order chi connectivity index (χ0) is 30.0. The Labute approximate surface area is 223 Å². The fourth-order valence-electron chi connectivity index (χ4n) is 3.02. The number of carboxylic acid groups (broad SMARTS) is 1. The van der Waals surface area contributed by atoms with E-state index in [1.54, 1.807) is 55.4 Å². The van der Waals surface area contributed by atoms with Gasteiger partial charge < -0.3 is 36.4 Å². The number of nitrogens with one attached hydrogen (secondary N) is 5. The molecule has 0 aromatic carbocycles. The summed E-state index contributed by atoms with van der Waals surface area (Å²) in [5.74, 6) is -4.72. The Morgan fingerprint density at radius 1 is 0.789 bits per heavy atom. The summed E-state index contributed by atoms with van der Waals surface area (Å²) in [7, 11) is 0. The maximum atomic E-state index is 13.1. The highest BCUT2D eigenvalue weighted by molar-refractivity contribution is 5.96. The fraction of sp³-hybridized carbons (Fsp3) is 0.680. The van der Waals surface area contributed by atoms with Crippen LogP contribution in [0.15, 0.2) is 12.2 Å². The van der Waals surface area contributed by atoms with Crippen LogP contribution >= 0.6 is 0 Å². The molecular formula is C25H43N5O8. The molecular weight excluding hydrogens is 498 g/mol. The average Bonchev–Trinajstić information content (AvgIpc) is 2.75. The summed E-state index contributed by atoms with van der Waals surface area (Å²) in [5, 5.41) is 21.1. The lowest BCUT2D eigenvalue weighted by Crippen LogP contribution is -2.59. The molecule has 0 heterocycles. The van der Waals surface area contributed by atoms with E-state index in [2.05, 4.69) is 33.2 Å². The molecule has 38 heavy (non-hydrogen) atoms. The lowest BCUT2D eigenvalue weighted by molar-refractivity contribution is -0.141. The number of hydrogen-bond acceptors (Lipinski definition) is 7. The first-order valence-corrected chi connectivity index (χ1v) is 12.3. The summed E-state index contributed by atoms with van der Waals surface area (Å²) >= 11 is 0. The molecule has 0 aromatic rings. The second kappa shape index (κ2) is 14.9. The highest BCUT2D eigenvalue weighted by Gasteiger charge is 2.33. The van der Waals surface area contributed by atoms with Crippen LogP contribution < -0.4 is 26.6 Å². The van der Waals surface area contributed by atoms with E-state index >= 15 is 0 Å². The quantitative estimate of drug-likeness (QED) is 0.181. The van der Waals surface area contributed by atoms with Crippen LogP contribution in [0.4, 0.5) is 4.79 Å². The fourth-order valence-corrected chi connectivity index (χ4v) is 3.02. The number of rotatable bonds is 13. The van der Waals surface area contributed by atoms with E-state index in [0.717, 1.165) is 0 Å². The Morgan fingerprint density at radius 2 is 1.26 bits per heavy atom. The minimum atomic E-state index is -1.23. The third-order valence-electron chi connectivity index (χ3n) is 5.08. The van der Waals surface area contributed by atoms with Gasteiger partial charge in [0.15, 0.2) is 0 Å². The van der Waals surface area contributed by atoms with Gasteiger partial charge in [0.05, 0.1) is 6.54 Å². The van der Waals surface area contributed by atoms with Crippen LogP contribution in [0.25, 0.3) is 0 Å². The van der Waals surface area contributed by atoms with Gasteiger partial charge in [-0.2, -0.15) is 0 Å². The second-order valence-corrected chi connectivity index (χ2v) is 10.7. The van der Waals surface area contributed by atoms with E-state index in [1.807, 2.05) is 0 Å². The van der Waals surface area contributed by atoms with Crippen LogP contribution in [0.1, 0.15) is 62.3 Å². The number of carboxylic acids is 1. The van der Waals surface area contributed by atoms with Crippen molar-refractivity contribution in [1.29, 1.82) is 0 Å². The predicted molar refractivity (Wildman–Crippen MR) is 140 cm³/mol. The summed E-state index contributed by atoms with van der Waals surface area (Å²) in [4.78, 5) is 73.8. The van der Waals surface area contributed by atoms with Gasteiger partial charge in [0.1, 0.15) is 29.8 Å². The summed E-state index contributed by atoms with van der Waals surface area (Å²) in [6.45, 7) is 17.8. The minimum absolute atomic E-state index is 0.311. The van der Waals surface area contributed by atoms with Crippen LogP contribution in [0.2, 0.25) is 0 Å². The monoisotopic (exact) mass is 541 g/mol. The van der Waals surface area contributed by atoms with Crippen molar-refractivity contribution < 1.29 is 38.6 Å². The number of aliphatic carboxylic acids is 1. The molecule has 0 aromatic heterocycles. The van der Waals surface area contributed by atoms with Gasteiger partial charge in [-0.1, -0.05) is 34.3 Å². The molecule has 0 aliphatic rings. The maximum Gasteiger partial charge on any atom is 0.408 e. The Kier molecular flexibility index (Phi) is 13.5. The molecule has 0 spiro atoms. The van der Waals surface area contributed by atoms with Gasteiger partial charge in [-0.25, -0.2) is 4.79 Å². The van der Waals surface area contributed by atoms with Crippen LogP contribution in [-0.2, 0) is 28.7 Å². The van der Waals surface area contributed by atoms with E-state index < -0.39 is 77.9 Å². The highest BCUT2D eigenvalue weighted by Crippen LogP contribution is 2.10. The zero-order valence-electron chi connectivity index (χ0n) is 23.7. The molecule has 0 aliphatic carbocycles. The van der Waals surface area contributed by atoms with E-state index in [1.165, 1.54) is 6.92 Å². The first-order valence-electron chi connectivity index (χ1n) is 12.3. The molecule has 0 rings (SSSR count). The maximum absolute atomic E-state index is 13.1. The number of hydrogen-bond donors (Lipinski definition) is 6. The Morgan fingerprint density at radius 3 is 1.68 bits per heavy atom. The summed E-state index contributed by atoms with van der Waals surface area (Å²) in [6.07, 6.45) is -0.829. The van der Waals surface area contributed by atoms with Crippen LogP contribution in [0.5, 0.6) is 0 Å². The molecule has 0 saturated carbocycles. The van der Waals surface area contributed by atoms with Crippen molar-refractivity contribution in [1.82, 2.24) is 26.6 Å². The third kappa shape index (κ3) is 12.5. The van der Waals surface area contributed by atoms with Crippen molar-refractivity contribution in [3.05, 3.63) is 12.2 Å². The first-order chi connectivity index (χ1) is 17.3. The topological polar surface area (TPSA) is 192 Å². The number of carbonyl (C=O) groups is 6.